The van der Waals surface area contributed by atoms with E-state index in [1.165, 1.54) is 11.3 Å². The van der Waals surface area contributed by atoms with Crippen molar-refractivity contribution in [3.8, 4) is 0 Å². The molecular formula is C19H26ClN7OS. The Morgan fingerprint density at radius 3 is 3.00 bits per heavy atom. The lowest BCUT2D eigenvalue weighted by atomic mass is 10.3. The molecule has 1 atom stereocenters. The van der Waals surface area contributed by atoms with Crippen LogP contribution in [0.2, 0.25) is 5.02 Å². The van der Waals surface area contributed by atoms with Crippen LogP contribution in [0.15, 0.2) is 28.8 Å². The summed E-state index contributed by atoms with van der Waals surface area (Å²) in [6.45, 7) is 7.27. The molecule has 1 aliphatic heterocycles. The van der Waals surface area contributed by atoms with E-state index in [9.17, 15) is 4.79 Å². The maximum absolute atomic E-state index is 12.1. The van der Waals surface area contributed by atoms with Crippen LogP contribution in [0.4, 0.5) is 5.82 Å². The Labute approximate surface area is 179 Å². The third kappa shape index (κ3) is 5.80. The second-order valence-electron chi connectivity index (χ2n) is 6.67. The fourth-order valence-corrected chi connectivity index (χ4v) is 4.09. The smallest absolute Gasteiger partial charge is 0.263 e. The first-order valence-electron chi connectivity index (χ1n) is 9.67. The normalized spacial score (nSPS) is 16.7. The molecule has 0 saturated carbocycles. The number of carbonyl (C=O) groups excluding carboxylic acids is 1. The van der Waals surface area contributed by atoms with E-state index >= 15 is 0 Å². The Morgan fingerprint density at radius 2 is 2.28 bits per heavy atom. The average Bonchev–Trinajstić information content (AvgIpc) is 3.34. The Bertz CT molecular complexity index is 857. The number of nitrogens with zero attached hydrogens (tertiary/aromatic N) is 4. The van der Waals surface area contributed by atoms with Crippen LogP contribution in [0.3, 0.4) is 0 Å². The van der Waals surface area contributed by atoms with Crippen LogP contribution >= 0.6 is 22.9 Å². The Kier molecular flexibility index (Phi) is 7.65. The number of aryl methyl sites for hydroxylation is 1. The monoisotopic (exact) mass is 435 g/mol. The number of thiazole rings is 1. The molecular weight excluding hydrogens is 410 g/mol. The molecule has 0 aliphatic carbocycles. The summed E-state index contributed by atoms with van der Waals surface area (Å²) in [6, 6.07) is 3.95. The van der Waals surface area contributed by atoms with Crippen molar-refractivity contribution in [3.05, 3.63) is 39.4 Å². The summed E-state index contributed by atoms with van der Waals surface area (Å²) in [7, 11) is 0. The van der Waals surface area contributed by atoms with Crippen LogP contribution in [0.1, 0.15) is 28.7 Å². The Morgan fingerprint density at radius 1 is 1.41 bits per heavy atom. The molecule has 1 saturated heterocycles. The summed E-state index contributed by atoms with van der Waals surface area (Å²) in [5.41, 5.74) is 2.43. The second-order valence-corrected chi connectivity index (χ2v) is 7.93. The minimum atomic E-state index is -0.100. The van der Waals surface area contributed by atoms with Crippen molar-refractivity contribution in [2.45, 2.75) is 26.3 Å². The minimum absolute atomic E-state index is 0.100. The minimum Gasteiger partial charge on any atom is -0.357 e. The van der Waals surface area contributed by atoms with E-state index in [0.717, 1.165) is 43.5 Å². The van der Waals surface area contributed by atoms with Gasteiger partial charge in [0.1, 0.15) is 10.7 Å². The highest BCUT2D eigenvalue weighted by molar-refractivity contribution is 7.11. The van der Waals surface area contributed by atoms with Crippen molar-refractivity contribution in [2.24, 2.45) is 4.99 Å². The standard InChI is InChI=1S/C19H26ClN7OS/c1-3-21-19(24-9-8-23-18(28)16-13(2)25-12-29-16)26-14-6-10-27(11-14)17-15(20)5-4-7-22-17/h4-5,7,12,14H,3,6,8-11H2,1-2H3,(H,23,28)(H2,21,24,26). The number of aliphatic imine (C=N–C) groups is 1. The first kappa shape index (κ1) is 21.3. The Balaban J connectivity index is 1.49. The van der Waals surface area contributed by atoms with E-state index in [1.807, 2.05) is 26.0 Å². The lowest BCUT2D eigenvalue weighted by Gasteiger charge is -2.20. The fraction of sp³-hybridized carbons (Fsp3) is 0.474. The van der Waals surface area contributed by atoms with Crippen molar-refractivity contribution in [3.63, 3.8) is 0 Å². The van der Waals surface area contributed by atoms with Gasteiger partial charge in [0.05, 0.1) is 22.8 Å². The van der Waals surface area contributed by atoms with Gasteiger partial charge in [-0.05, 0) is 32.4 Å². The molecule has 1 aliphatic rings. The van der Waals surface area contributed by atoms with Gasteiger partial charge in [-0.3, -0.25) is 9.79 Å². The molecule has 1 amide bonds. The molecule has 8 nitrogen and oxygen atoms in total. The zero-order valence-electron chi connectivity index (χ0n) is 16.6. The molecule has 10 heteroatoms. The van der Waals surface area contributed by atoms with Gasteiger partial charge in [0.25, 0.3) is 5.91 Å². The summed E-state index contributed by atoms with van der Waals surface area (Å²) in [5.74, 6) is 1.47. The van der Waals surface area contributed by atoms with E-state index in [-0.39, 0.29) is 11.9 Å². The zero-order chi connectivity index (χ0) is 20.6. The topological polar surface area (TPSA) is 94.5 Å². The lowest BCUT2D eigenvalue weighted by Crippen LogP contribution is -2.45. The molecule has 0 radical (unpaired) electrons. The molecule has 0 aromatic carbocycles. The molecule has 3 N–H and O–H groups in total. The van der Waals surface area contributed by atoms with E-state index < -0.39 is 0 Å². The highest BCUT2D eigenvalue weighted by atomic mass is 35.5. The number of anilines is 1. The molecule has 1 unspecified atom stereocenters. The van der Waals surface area contributed by atoms with Crippen molar-refractivity contribution in [2.75, 3.05) is 37.6 Å². The number of nitrogens with one attached hydrogen (secondary N) is 3. The molecule has 2 aromatic heterocycles. The molecule has 3 rings (SSSR count). The predicted octanol–water partition coefficient (Wildman–Crippen LogP) is 2.06. The van der Waals surface area contributed by atoms with E-state index in [1.54, 1.807) is 11.7 Å². The highest BCUT2D eigenvalue weighted by Crippen LogP contribution is 2.25. The second kappa shape index (κ2) is 10.4. The van der Waals surface area contributed by atoms with Gasteiger partial charge < -0.3 is 20.9 Å². The largest absolute Gasteiger partial charge is 0.357 e. The number of rotatable bonds is 7. The molecule has 156 valence electrons. The summed E-state index contributed by atoms with van der Waals surface area (Å²) in [4.78, 5) is 28.0. The van der Waals surface area contributed by atoms with Crippen molar-refractivity contribution >= 4 is 40.6 Å². The molecule has 3 heterocycles. The van der Waals surface area contributed by atoms with Gasteiger partial charge in [-0.15, -0.1) is 11.3 Å². The van der Waals surface area contributed by atoms with E-state index in [4.69, 9.17) is 11.6 Å². The van der Waals surface area contributed by atoms with Gasteiger partial charge in [0, 0.05) is 38.4 Å². The molecule has 29 heavy (non-hydrogen) atoms. The van der Waals surface area contributed by atoms with E-state index in [2.05, 4.69) is 35.8 Å². The third-order valence-corrected chi connectivity index (χ3v) is 5.75. The first-order valence-corrected chi connectivity index (χ1v) is 10.9. The number of aromatic nitrogens is 2. The molecule has 2 aromatic rings. The maximum atomic E-state index is 12.1. The quantitative estimate of drug-likeness (QED) is 0.350. The van der Waals surface area contributed by atoms with Gasteiger partial charge in [-0.1, -0.05) is 11.6 Å². The first-order chi connectivity index (χ1) is 14.1. The Hall–Kier alpha value is -2.39. The highest BCUT2D eigenvalue weighted by Gasteiger charge is 2.25. The molecule has 1 fully saturated rings. The number of carbonyl (C=O) groups is 1. The third-order valence-electron chi connectivity index (χ3n) is 4.53. The van der Waals surface area contributed by atoms with Crippen LogP contribution in [-0.2, 0) is 0 Å². The van der Waals surface area contributed by atoms with Crippen LogP contribution in [0, 0.1) is 6.92 Å². The molecule has 0 bridgehead atoms. The van der Waals surface area contributed by atoms with Gasteiger partial charge in [0.2, 0.25) is 0 Å². The van der Waals surface area contributed by atoms with Gasteiger partial charge in [0.15, 0.2) is 5.96 Å². The van der Waals surface area contributed by atoms with Crippen molar-refractivity contribution in [1.29, 1.82) is 0 Å². The van der Waals surface area contributed by atoms with E-state index in [0.29, 0.717) is 23.0 Å². The average molecular weight is 436 g/mol. The summed E-state index contributed by atoms with van der Waals surface area (Å²) in [5, 5.41) is 10.3. The number of pyridine rings is 1. The molecule has 0 spiro atoms. The van der Waals surface area contributed by atoms with Crippen molar-refractivity contribution in [1.82, 2.24) is 25.9 Å². The lowest BCUT2D eigenvalue weighted by molar-refractivity contribution is 0.0958. The van der Waals surface area contributed by atoms with Crippen LogP contribution in [0.25, 0.3) is 0 Å². The van der Waals surface area contributed by atoms with Crippen LogP contribution in [0.5, 0.6) is 0 Å². The number of amides is 1. The predicted molar refractivity (Wildman–Crippen MR) is 118 cm³/mol. The summed E-state index contributed by atoms with van der Waals surface area (Å²) < 4.78 is 0. The van der Waals surface area contributed by atoms with Crippen LogP contribution in [-0.4, -0.2) is 60.6 Å². The fourth-order valence-electron chi connectivity index (χ4n) is 3.13. The van der Waals surface area contributed by atoms with Gasteiger partial charge in [-0.25, -0.2) is 9.97 Å². The number of hydrogen-bond acceptors (Lipinski definition) is 6. The van der Waals surface area contributed by atoms with Gasteiger partial charge in [-0.2, -0.15) is 0 Å². The summed E-state index contributed by atoms with van der Waals surface area (Å²) in [6.07, 6.45) is 2.73. The number of hydrogen-bond donors (Lipinski definition) is 3. The van der Waals surface area contributed by atoms with Crippen LogP contribution < -0.4 is 20.9 Å². The van der Waals surface area contributed by atoms with Gasteiger partial charge >= 0.3 is 0 Å². The summed E-state index contributed by atoms with van der Waals surface area (Å²) >= 11 is 7.61. The number of guanidine groups is 1. The maximum Gasteiger partial charge on any atom is 0.263 e. The SMILES string of the molecule is CCNC(=NCCNC(=O)c1scnc1C)NC1CCN(c2ncccc2Cl)C1. The van der Waals surface area contributed by atoms with Crippen molar-refractivity contribution < 1.29 is 4.79 Å². The number of halogens is 1. The zero-order valence-corrected chi connectivity index (χ0v) is 18.2.